The molecule has 1 amide bonds. The highest BCUT2D eigenvalue weighted by molar-refractivity contribution is 6.06. The zero-order chi connectivity index (χ0) is 31.8. The normalized spacial score (nSPS) is 13.1. The summed E-state index contributed by atoms with van der Waals surface area (Å²) in [5.74, 6) is -4.36. The molecule has 0 spiro atoms. The number of carboxylic acids is 1. The number of carboxylic acid groups (broad SMARTS) is 1. The molecule has 12 nitrogen and oxygen atoms in total. The van der Waals surface area contributed by atoms with Gasteiger partial charge in [-0.25, -0.2) is 9.78 Å². The molecule has 1 unspecified atom stereocenters. The number of rotatable bonds is 13. The number of carbonyl (C=O) groups is 5. The number of ether oxygens (including phenoxy) is 2. The van der Waals surface area contributed by atoms with E-state index in [2.05, 4.69) is 15.0 Å². The highest BCUT2D eigenvalue weighted by Crippen LogP contribution is 2.22. The first-order valence-corrected chi connectivity index (χ1v) is 14.1. The molecule has 0 fully saturated rings. The molecule has 12 heteroatoms. The van der Waals surface area contributed by atoms with Crippen molar-refractivity contribution < 1.29 is 38.6 Å². The van der Waals surface area contributed by atoms with E-state index >= 15 is 0 Å². The lowest BCUT2D eigenvalue weighted by molar-refractivity contribution is -0.142. The van der Waals surface area contributed by atoms with E-state index in [4.69, 9.17) is 15.2 Å². The summed E-state index contributed by atoms with van der Waals surface area (Å²) in [6.07, 6.45) is 1.89. The Morgan fingerprint density at radius 2 is 1.75 bits per heavy atom. The molecule has 3 aromatic rings. The van der Waals surface area contributed by atoms with E-state index < -0.39 is 29.7 Å². The van der Waals surface area contributed by atoms with Crippen molar-refractivity contribution in [1.29, 1.82) is 0 Å². The number of nitrogens with two attached hydrogens (primary N) is 1. The van der Waals surface area contributed by atoms with Gasteiger partial charge in [-0.05, 0) is 50.8 Å². The van der Waals surface area contributed by atoms with E-state index in [0.717, 1.165) is 5.56 Å². The van der Waals surface area contributed by atoms with Gasteiger partial charge in [0.2, 0.25) is 0 Å². The quantitative estimate of drug-likeness (QED) is 0.166. The number of nitrogens with zero attached hydrogens (tertiary/aromatic N) is 3. The van der Waals surface area contributed by atoms with Gasteiger partial charge in [-0.15, -0.1) is 0 Å². The number of aliphatic carboxylic acids is 1. The van der Waals surface area contributed by atoms with Gasteiger partial charge in [0.05, 0.1) is 29.8 Å². The number of amides is 1. The number of Topliss-reactive ketones (excluding diaryl/α,β-unsaturated/α-hetero) is 1. The van der Waals surface area contributed by atoms with E-state index in [1.54, 1.807) is 56.4 Å². The molecule has 1 aliphatic heterocycles. The summed E-state index contributed by atoms with van der Waals surface area (Å²) in [7, 11) is 0. The molecule has 3 N–H and O–H groups in total. The minimum absolute atomic E-state index is 0.0118. The monoisotopic (exact) mass is 600 g/mol. The molecule has 1 aromatic heterocycles. The number of hydrogen-bond donors (Lipinski definition) is 2. The van der Waals surface area contributed by atoms with Crippen LogP contribution < -0.4 is 10.5 Å². The van der Waals surface area contributed by atoms with Crippen molar-refractivity contribution in [3.05, 3.63) is 88.5 Å². The molecule has 228 valence electrons. The highest BCUT2D eigenvalue weighted by Gasteiger charge is 2.25. The number of ketones is 1. The Morgan fingerprint density at radius 1 is 1.02 bits per heavy atom. The van der Waals surface area contributed by atoms with Crippen molar-refractivity contribution >= 4 is 35.4 Å². The lowest BCUT2D eigenvalue weighted by atomic mass is 9.93. The van der Waals surface area contributed by atoms with Gasteiger partial charge in [0.15, 0.2) is 11.5 Å². The maximum Gasteiger partial charge on any atom is 0.342 e. The van der Waals surface area contributed by atoms with Crippen LogP contribution in [0.1, 0.15) is 81.3 Å². The molecule has 4 rings (SSSR count). The number of esters is 2. The van der Waals surface area contributed by atoms with Crippen LogP contribution in [0.5, 0.6) is 5.75 Å². The zero-order valence-electron chi connectivity index (χ0n) is 24.3. The van der Waals surface area contributed by atoms with Gasteiger partial charge in [-0.3, -0.25) is 24.2 Å². The molecule has 2 aromatic carbocycles. The number of benzene rings is 2. The molecule has 2 heterocycles. The predicted molar refractivity (Wildman–Crippen MR) is 157 cm³/mol. The highest BCUT2D eigenvalue weighted by atomic mass is 16.6. The van der Waals surface area contributed by atoms with Gasteiger partial charge in [-0.1, -0.05) is 36.4 Å². The summed E-state index contributed by atoms with van der Waals surface area (Å²) < 4.78 is 10.5. The summed E-state index contributed by atoms with van der Waals surface area (Å²) in [5, 5.41) is 9.69. The van der Waals surface area contributed by atoms with Crippen LogP contribution >= 0.6 is 0 Å². The molecule has 1 atom stereocenters. The van der Waals surface area contributed by atoms with Gasteiger partial charge in [-0.2, -0.15) is 4.99 Å². The molecule has 0 bridgehead atoms. The zero-order valence-corrected chi connectivity index (χ0v) is 24.3. The number of para-hydroxylation sites is 1. The van der Waals surface area contributed by atoms with Crippen LogP contribution in [0, 0.1) is 5.92 Å². The van der Waals surface area contributed by atoms with Crippen molar-refractivity contribution in [3.63, 3.8) is 0 Å². The van der Waals surface area contributed by atoms with Crippen molar-refractivity contribution in [2.45, 2.75) is 58.5 Å². The van der Waals surface area contributed by atoms with Crippen LogP contribution in [0.3, 0.4) is 0 Å². The minimum atomic E-state index is -1.21. The number of aromatic nitrogens is 2. The fourth-order valence-electron chi connectivity index (χ4n) is 4.52. The first-order valence-electron chi connectivity index (χ1n) is 14.1. The maximum atomic E-state index is 12.9. The van der Waals surface area contributed by atoms with Crippen molar-refractivity contribution in [1.82, 2.24) is 9.97 Å². The van der Waals surface area contributed by atoms with Gasteiger partial charge in [0, 0.05) is 24.6 Å². The van der Waals surface area contributed by atoms with E-state index in [9.17, 15) is 29.1 Å². The van der Waals surface area contributed by atoms with E-state index in [1.165, 1.54) is 12.1 Å². The number of aliphatic imine (C=N–C) groups is 1. The summed E-state index contributed by atoms with van der Waals surface area (Å²) in [6.45, 7) is 3.39. The molecule has 0 radical (unpaired) electrons. The Hall–Kier alpha value is -5.26. The van der Waals surface area contributed by atoms with E-state index in [-0.39, 0.29) is 60.4 Å². The molecule has 0 saturated heterocycles. The fourth-order valence-corrected chi connectivity index (χ4v) is 4.52. The third-order valence-electron chi connectivity index (χ3n) is 6.79. The SMILES string of the molecule is CC(C)OC(=O)c1ccccc1OC(=O)CCC(CC(=O)c1ccc(CCc2cnc3c(n2)C(=O)N=C(N)C3)cc1)C(=O)O. The lowest BCUT2D eigenvalue weighted by Crippen LogP contribution is -2.25. The molecular weight excluding hydrogens is 568 g/mol. The van der Waals surface area contributed by atoms with Gasteiger partial charge < -0.3 is 20.3 Å². The van der Waals surface area contributed by atoms with E-state index in [0.29, 0.717) is 29.8 Å². The van der Waals surface area contributed by atoms with Crippen molar-refractivity contribution in [2.24, 2.45) is 16.6 Å². The summed E-state index contributed by atoms with van der Waals surface area (Å²) in [5.41, 5.74) is 8.29. The van der Waals surface area contributed by atoms with Gasteiger partial charge >= 0.3 is 17.9 Å². The van der Waals surface area contributed by atoms with Gasteiger partial charge in [0.1, 0.15) is 17.1 Å². The Bertz CT molecular complexity index is 1610. The third kappa shape index (κ3) is 8.40. The summed E-state index contributed by atoms with van der Waals surface area (Å²) >= 11 is 0. The summed E-state index contributed by atoms with van der Waals surface area (Å²) in [4.78, 5) is 74.1. The molecule has 0 aliphatic carbocycles. The molecular formula is C32H32N4O8. The Morgan fingerprint density at radius 3 is 2.45 bits per heavy atom. The number of aryl methyl sites for hydroxylation is 2. The third-order valence-corrected chi connectivity index (χ3v) is 6.79. The molecule has 0 saturated carbocycles. The standard InChI is InChI=1S/C32H32N4O8/c1-18(2)43-32(42)23-5-3-4-6-26(23)44-28(38)14-12-21(31(40)41)15-25(37)20-10-7-19(8-11-20)9-13-22-17-34-24-16-27(33)36-30(39)29(24)35-22/h3-8,10-11,17-18,21H,9,12-16H2,1-2H3,(H,40,41)(H2,33,36,39). The number of fused-ring (bicyclic) bond motifs is 1. The van der Waals surface area contributed by atoms with E-state index in [1.807, 2.05) is 0 Å². The second-order valence-corrected chi connectivity index (χ2v) is 10.6. The van der Waals surface area contributed by atoms with Crippen LogP contribution in [-0.4, -0.2) is 56.6 Å². The Balaban J connectivity index is 1.29. The van der Waals surface area contributed by atoms with Crippen molar-refractivity contribution in [3.8, 4) is 5.75 Å². The van der Waals surface area contributed by atoms with Crippen LogP contribution in [0.2, 0.25) is 0 Å². The molecule has 44 heavy (non-hydrogen) atoms. The predicted octanol–water partition coefficient (Wildman–Crippen LogP) is 3.54. The van der Waals surface area contributed by atoms with Crippen molar-refractivity contribution in [2.75, 3.05) is 0 Å². The fraction of sp³-hybridized carbons (Fsp3) is 0.312. The second kappa shape index (κ2) is 14.3. The molecule has 1 aliphatic rings. The maximum absolute atomic E-state index is 12.9. The minimum Gasteiger partial charge on any atom is -0.481 e. The van der Waals surface area contributed by atoms with Crippen LogP contribution in [0.4, 0.5) is 0 Å². The van der Waals surface area contributed by atoms with Crippen LogP contribution in [-0.2, 0) is 33.6 Å². The van der Waals surface area contributed by atoms with Gasteiger partial charge in [0.25, 0.3) is 5.91 Å². The first-order chi connectivity index (χ1) is 21.0. The smallest absolute Gasteiger partial charge is 0.342 e. The Kier molecular flexibility index (Phi) is 10.3. The topological polar surface area (TPSA) is 188 Å². The number of carbonyl (C=O) groups excluding carboxylic acids is 4. The summed E-state index contributed by atoms with van der Waals surface area (Å²) in [6, 6.07) is 12.9. The number of amidine groups is 1. The second-order valence-electron chi connectivity index (χ2n) is 10.6. The Labute approximate surface area is 253 Å². The first kappa shape index (κ1) is 31.7. The largest absolute Gasteiger partial charge is 0.481 e. The average molecular weight is 601 g/mol. The number of hydrogen-bond acceptors (Lipinski definition) is 10. The average Bonchev–Trinajstić information content (AvgIpc) is 2.98. The van der Waals surface area contributed by atoms with Crippen LogP contribution in [0.15, 0.2) is 59.7 Å². The van der Waals surface area contributed by atoms with Crippen LogP contribution in [0.25, 0.3) is 0 Å². The lowest BCUT2D eigenvalue weighted by Gasteiger charge is -2.13.